The number of hydrogen-bond donors (Lipinski definition) is 0. The monoisotopic (exact) mass is 401 g/mol. The molecular formula is C16H8BrN3O3S. The van der Waals surface area contributed by atoms with Crippen LogP contribution in [0, 0.1) is 11.3 Å². The summed E-state index contributed by atoms with van der Waals surface area (Å²) in [6.45, 7) is 0.181. The summed E-state index contributed by atoms with van der Waals surface area (Å²) < 4.78 is 16.7. The third kappa shape index (κ3) is 2.68. The van der Waals surface area contributed by atoms with Crippen molar-refractivity contribution < 1.29 is 14.0 Å². The number of nitriles is 1. The van der Waals surface area contributed by atoms with Gasteiger partial charge in [0.25, 0.3) is 5.89 Å². The summed E-state index contributed by atoms with van der Waals surface area (Å²) in [7, 11) is 0. The van der Waals surface area contributed by atoms with E-state index in [-0.39, 0.29) is 18.3 Å². The standard InChI is InChI=1S/C16H8BrN3O3S/c17-11-5-9(6-12-14(11)22-8-21-12)4-10(7-18)16-19-15(20-23-16)13-2-1-3-24-13/h1-6H,8H2/b10-4+. The quantitative estimate of drug-likeness (QED) is 0.606. The van der Waals surface area contributed by atoms with Crippen LogP contribution in [0.25, 0.3) is 22.4 Å². The minimum Gasteiger partial charge on any atom is -0.454 e. The van der Waals surface area contributed by atoms with E-state index in [4.69, 9.17) is 14.0 Å². The van der Waals surface area contributed by atoms with E-state index in [1.807, 2.05) is 23.6 Å². The van der Waals surface area contributed by atoms with Crippen molar-refractivity contribution in [3.05, 3.63) is 45.6 Å². The van der Waals surface area contributed by atoms with Crippen LogP contribution in [0.4, 0.5) is 0 Å². The highest BCUT2D eigenvalue weighted by atomic mass is 79.9. The molecule has 0 radical (unpaired) electrons. The molecular weight excluding hydrogens is 394 g/mol. The van der Waals surface area contributed by atoms with Gasteiger partial charge in [0.05, 0.1) is 9.35 Å². The van der Waals surface area contributed by atoms with Crippen molar-refractivity contribution in [3.8, 4) is 28.3 Å². The molecule has 0 atom stereocenters. The fraction of sp³-hybridized carbons (Fsp3) is 0.0625. The van der Waals surface area contributed by atoms with E-state index in [1.54, 1.807) is 12.1 Å². The zero-order valence-electron chi connectivity index (χ0n) is 12.0. The molecule has 4 rings (SSSR count). The molecule has 3 aromatic rings. The predicted molar refractivity (Wildman–Crippen MR) is 91.4 cm³/mol. The lowest BCUT2D eigenvalue weighted by molar-refractivity contribution is 0.173. The highest BCUT2D eigenvalue weighted by Gasteiger charge is 2.19. The van der Waals surface area contributed by atoms with E-state index in [0.717, 1.165) is 14.9 Å². The minimum atomic E-state index is 0.176. The lowest BCUT2D eigenvalue weighted by Gasteiger charge is -2.01. The highest BCUT2D eigenvalue weighted by Crippen LogP contribution is 2.40. The first-order valence-electron chi connectivity index (χ1n) is 6.83. The Morgan fingerprint density at radius 1 is 1.38 bits per heavy atom. The smallest absolute Gasteiger partial charge is 0.268 e. The number of thiophene rings is 1. The van der Waals surface area contributed by atoms with Crippen LogP contribution in [0.1, 0.15) is 11.5 Å². The predicted octanol–water partition coefficient (Wildman–Crippen LogP) is 4.35. The van der Waals surface area contributed by atoms with Crippen LogP contribution in [-0.4, -0.2) is 16.9 Å². The van der Waals surface area contributed by atoms with Gasteiger partial charge in [-0.2, -0.15) is 10.2 Å². The van der Waals surface area contributed by atoms with Gasteiger partial charge >= 0.3 is 0 Å². The maximum absolute atomic E-state index is 9.43. The summed E-state index contributed by atoms with van der Waals surface area (Å²) >= 11 is 4.93. The van der Waals surface area contributed by atoms with E-state index in [9.17, 15) is 5.26 Å². The molecule has 0 unspecified atom stereocenters. The Hall–Kier alpha value is -2.63. The summed E-state index contributed by atoms with van der Waals surface area (Å²) in [4.78, 5) is 5.17. The largest absolute Gasteiger partial charge is 0.454 e. The molecule has 0 fully saturated rings. The average molecular weight is 402 g/mol. The van der Waals surface area contributed by atoms with E-state index < -0.39 is 0 Å². The summed E-state index contributed by atoms with van der Waals surface area (Å²) in [6.07, 6.45) is 1.67. The fourth-order valence-corrected chi connectivity index (χ4v) is 3.44. The Bertz CT molecular complexity index is 973. The average Bonchev–Trinajstić information content (AvgIpc) is 3.31. The minimum absolute atomic E-state index is 0.176. The molecule has 8 heteroatoms. The number of rotatable bonds is 3. The van der Waals surface area contributed by atoms with E-state index in [2.05, 4.69) is 32.1 Å². The Kier molecular flexibility index (Phi) is 3.80. The molecule has 0 amide bonds. The first-order chi connectivity index (χ1) is 11.7. The maximum Gasteiger partial charge on any atom is 0.268 e. The van der Waals surface area contributed by atoms with Crippen molar-refractivity contribution in [2.75, 3.05) is 6.79 Å². The van der Waals surface area contributed by atoms with Gasteiger partial charge in [-0.1, -0.05) is 11.2 Å². The number of allylic oxidation sites excluding steroid dienone is 1. The second-order valence-corrected chi connectivity index (χ2v) is 6.61. The van der Waals surface area contributed by atoms with E-state index in [1.165, 1.54) is 11.3 Å². The van der Waals surface area contributed by atoms with Gasteiger partial charge in [-0.05, 0) is 51.1 Å². The molecule has 1 aromatic carbocycles. The molecule has 1 aliphatic rings. The summed E-state index contributed by atoms with van der Waals surface area (Å²) in [5, 5.41) is 15.3. The molecule has 0 N–H and O–H groups in total. The first-order valence-corrected chi connectivity index (χ1v) is 8.51. The lowest BCUT2D eigenvalue weighted by atomic mass is 10.1. The molecule has 2 aromatic heterocycles. The van der Waals surface area contributed by atoms with E-state index >= 15 is 0 Å². The Labute approximate surface area is 149 Å². The van der Waals surface area contributed by atoms with Gasteiger partial charge in [-0.15, -0.1) is 11.3 Å². The van der Waals surface area contributed by atoms with Crippen LogP contribution >= 0.6 is 27.3 Å². The molecule has 24 heavy (non-hydrogen) atoms. The van der Waals surface area contributed by atoms with E-state index in [0.29, 0.717) is 17.3 Å². The van der Waals surface area contributed by atoms with Crippen molar-refractivity contribution in [2.24, 2.45) is 0 Å². The Balaban J connectivity index is 1.70. The number of fused-ring (bicyclic) bond motifs is 1. The normalized spacial score (nSPS) is 13.1. The summed E-state index contributed by atoms with van der Waals surface area (Å²) in [5.41, 5.74) is 1.04. The molecule has 0 saturated carbocycles. The number of aromatic nitrogens is 2. The number of hydrogen-bond acceptors (Lipinski definition) is 7. The first kappa shape index (κ1) is 14.9. The van der Waals surface area contributed by atoms with Crippen molar-refractivity contribution in [1.82, 2.24) is 10.1 Å². The van der Waals surface area contributed by atoms with Gasteiger partial charge in [0.15, 0.2) is 11.5 Å². The Morgan fingerprint density at radius 3 is 3.08 bits per heavy atom. The van der Waals surface area contributed by atoms with Gasteiger partial charge in [0.2, 0.25) is 12.6 Å². The number of benzene rings is 1. The van der Waals surface area contributed by atoms with Crippen molar-refractivity contribution in [2.45, 2.75) is 0 Å². The van der Waals surface area contributed by atoms with Gasteiger partial charge in [0.1, 0.15) is 11.6 Å². The lowest BCUT2D eigenvalue weighted by Crippen LogP contribution is -1.93. The molecule has 0 saturated heterocycles. The van der Waals surface area contributed by atoms with Gasteiger partial charge in [0, 0.05) is 0 Å². The Morgan fingerprint density at radius 2 is 2.29 bits per heavy atom. The molecule has 0 spiro atoms. The molecule has 3 heterocycles. The number of ether oxygens (including phenoxy) is 2. The van der Waals surface area contributed by atoms with Crippen LogP contribution in [-0.2, 0) is 0 Å². The van der Waals surface area contributed by atoms with Crippen molar-refractivity contribution in [1.29, 1.82) is 5.26 Å². The molecule has 0 bridgehead atoms. The number of halogens is 1. The van der Waals surface area contributed by atoms with Gasteiger partial charge < -0.3 is 14.0 Å². The van der Waals surface area contributed by atoms with Gasteiger partial charge in [-0.3, -0.25) is 0 Å². The third-order valence-corrected chi connectivity index (χ3v) is 4.73. The van der Waals surface area contributed by atoms with Crippen LogP contribution in [0.15, 0.2) is 38.6 Å². The summed E-state index contributed by atoms with van der Waals surface area (Å²) in [6, 6.07) is 9.52. The third-order valence-electron chi connectivity index (χ3n) is 3.28. The molecule has 118 valence electrons. The SMILES string of the molecule is N#C/C(=C\c1cc(Br)c2c(c1)OCO2)c1nc(-c2cccs2)no1. The maximum atomic E-state index is 9.43. The molecule has 1 aliphatic heterocycles. The van der Waals surface area contributed by atoms with Crippen LogP contribution in [0.3, 0.4) is 0 Å². The highest BCUT2D eigenvalue weighted by molar-refractivity contribution is 9.10. The van der Waals surface area contributed by atoms with Gasteiger partial charge in [-0.25, -0.2) is 0 Å². The van der Waals surface area contributed by atoms with Crippen LogP contribution in [0.2, 0.25) is 0 Å². The second-order valence-electron chi connectivity index (χ2n) is 4.81. The van der Waals surface area contributed by atoms with Crippen LogP contribution in [0.5, 0.6) is 11.5 Å². The molecule has 0 aliphatic carbocycles. The van der Waals surface area contributed by atoms with Crippen molar-refractivity contribution in [3.63, 3.8) is 0 Å². The second kappa shape index (κ2) is 6.11. The topological polar surface area (TPSA) is 81.2 Å². The molecule has 6 nitrogen and oxygen atoms in total. The van der Waals surface area contributed by atoms with Crippen molar-refractivity contribution >= 4 is 38.9 Å². The zero-order valence-corrected chi connectivity index (χ0v) is 14.4. The van der Waals surface area contributed by atoms with Crippen LogP contribution < -0.4 is 9.47 Å². The zero-order chi connectivity index (χ0) is 16.5. The number of nitrogens with zero attached hydrogens (tertiary/aromatic N) is 3. The fourth-order valence-electron chi connectivity index (χ4n) is 2.22. The summed E-state index contributed by atoms with van der Waals surface area (Å²) in [5.74, 6) is 1.92.